The summed E-state index contributed by atoms with van der Waals surface area (Å²) < 4.78 is 12.7. The lowest BCUT2D eigenvalue weighted by Gasteiger charge is -2.13. The highest BCUT2D eigenvalue weighted by molar-refractivity contribution is 6.04. The van der Waals surface area contributed by atoms with Crippen molar-refractivity contribution in [2.24, 2.45) is 0 Å². The first kappa shape index (κ1) is 20.9. The van der Waals surface area contributed by atoms with Crippen molar-refractivity contribution in [1.29, 1.82) is 0 Å². The first-order valence-electron chi connectivity index (χ1n) is 9.97. The van der Waals surface area contributed by atoms with Crippen molar-refractivity contribution in [3.63, 3.8) is 0 Å². The van der Waals surface area contributed by atoms with Gasteiger partial charge in [-0.25, -0.2) is 9.59 Å². The Bertz CT molecular complexity index is 978. The largest absolute Gasteiger partial charge is 0.462 e. The SMILES string of the molecule is CCOC(=O)c1c(C)[nH]c(C(=O)[C@@H](C)OC(=O)c2cc(C)n(C3CC3)c2C)c1C. The molecule has 156 valence electrons. The van der Waals surface area contributed by atoms with Gasteiger partial charge in [-0.3, -0.25) is 4.79 Å². The number of rotatable bonds is 7. The fourth-order valence-electron chi connectivity index (χ4n) is 3.87. The van der Waals surface area contributed by atoms with E-state index >= 15 is 0 Å². The second-order valence-electron chi connectivity index (χ2n) is 7.64. The van der Waals surface area contributed by atoms with E-state index in [1.807, 2.05) is 19.9 Å². The molecule has 0 radical (unpaired) electrons. The third-order valence-corrected chi connectivity index (χ3v) is 5.43. The van der Waals surface area contributed by atoms with E-state index in [0.717, 1.165) is 24.2 Å². The predicted octanol–water partition coefficient (Wildman–Crippen LogP) is 3.99. The lowest BCUT2D eigenvalue weighted by molar-refractivity contribution is 0.0315. The molecule has 7 heteroatoms. The number of hydrogen-bond donors (Lipinski definition) is 1. The number of esters is 2. The van der Waals surface area contributed by atoms with Crippen LogP contribution in [0.25, 0.3) is 0 Å². The topological polar surface area (TPSA) is 90.4 Å². The Morgan fingerprint density at radius 1 is 1.17 bits per heavy atom. The monoisotopic (exact) mass is 400 g/mol. The van der Waals surface area contributed by atoms with E-state index in [2.05, 4.69) is 9.55 Å². The van der Waals surface area contributed by atoms with Crippen molar-refractivity contribution in [2.75, 3.05) is 6.61 Å². The molecule has 1 fully saturated rings. The smallest absolute Gasteiger partial charge is 0.340 e. The summed E-state index contributed by atoms with van der Waals surface area (Å²) in [5, 5.41) is 0. The summed E-state index contributed by atoms with van der Waals surface area (Å²) in [6, 6.07) is 2.28. The van der Waals surface area contributed by atoms with Crippen LogP contribution >= 0.6 is 0 Å². The molecule has 0 saturated heterocycles. The Kier molecular flexibility index (Phi) is 5.68. The van der Waals surface area contributed by atoms with E-state index in [1.165, 1.54) is 0 Å². The number of carbonyl (C=O) groups excluding carboxylic acids is 3. The quantitative estimate of drug-likeness (QED) is 0.561. The summed E-state index contributed by atoms with van der Waals surface area (Å²) in [6.07, 6.45) is 1.25. The molecule has 29 heavy (non-hydrogen) atoms. The number of hydrogen-bond acceptors (Lipinski definition) is 5. The van der Waals surface area contributed by atoms with Crippen LogP contribution in [0, 0.1) is 27.7 Å². The van der Waals surface area contributed by atoms with Crippen LogP contribution in [-0.4, -0.2) is 40.0 Å². The summed E-state index contributed by atoms with van der Waals surface area (Å²) >= 11 is 0. The average Bonchev–Trinajstić information content (AvgIpc) is 3.37. The molecule has 0 aliphatic heterocycles. The molecule has 1 aliphatic rings. The van der Waals surface area contributed by atoms with Crippen LogP contribution in [0.1, 0.15) is 86.6 Å². The minimum absolute atomic E-state index is 0.249. The Morgan fingerprint density at radius 2 is 1.83 bits per heavy atom. The first-order chi connectivity index (χ1) is 13.7. The first-order valence-corrected chi connectivity index (χ1v) is 9.97. The van der Waals surface area contributed by atoms with Crippen molar-refractivity contribution in [1.82, 2.24) is 9.55 Å². The molecule has 7 nitrogen and oxygen atoms in total. The lowest BCUT2D eigenvalue weighted by atomic mass is 10.1. The molecule has 2 aromatic heterocycles. The number of aromatic amines is 1. The van der Waals surface area contributed by atoms with E-state index in [9.17, 15) is 14.4 Å². The summed E-state index contributed by atoms with van der Waals surface area (Å²) in [7, 11) is 0. The average molecular weight is 400 g/mol. The van der Waals surface area contributed by atoms with Crippen molar-refractivity contribution in [2.45, 2.75) is 66.5 Å². The van der Waals surface area contributed by atoms with Gasteiger partial charge in [-0.05, 0) is 66.0 Å². The van der Waals surface area contributed by atoms with Crippen LogP contribution < -0.4 is 0 Å². The fourth-order valence-corrected chi connectivity index (χ4v) is 3.87. The van der Waals surface area contributed by atoms with Crippen LogP contribution in [0.4, 0.5) is 0 Å². The molecule has 1 N–H and O–H groups in total. The number of aryl methyl sites for hydroxylation is 2. The van der Waals surface area contributed by atoms with Crippen molar-refractivity contribution in [3.8, 4) is 0 Å². The molecular weight excluding hydrogens is 372 g/mol. The van der Waals surface area contributed by atoms with Gasteiger partial charge in [-0.15, -0.1) is 0 Å². The number of nitrogens with one attached hydrogen (secondary N) is 1. The molecule has 0 aromatic carbocycles. The summed E-state index contributed by atoms with van der Waals surface area (Å²) in [4.78, 5) is 40.7. The Hall–Kier alpha value is -2.83. The van der Waals surface area contributed by atoms with Crippen molar-refractivity contribution in [3.05, 3.63) is 45.5 Å². The van der Waals surface area contributed by atoms with E-state index in [0.29, 0.717) is 28.4 Å². The van der Waals surface area contributed by atoms with Gasteiger partial charge in [0.2, 0.25) is 5.78 Å². The van der Waals surface area contributed by atoms with Gasteiger partial charge in [0.1, 0.15) is 0 Å². The number of carbonyl (C=O) groups is 3. The van der Waals surface area contributed by atoms with Crippen molar-refractivity contribution >= 4 is 17.7 Å². The van der Waals surface area contributed by atoms with Crippen LogP contribution in [0.3, 0.4) is 0 Å². The van der Waals surface area contributed by atoms with Gasteiger partial charge in [-0.2, -0.15) is 0 Å². The molecule has 1 aliphatic carbocycles. The zero-order valence-corrected chi connectivity index (χ0v) is 17.8. The summed E-state index contributed by atoms with van der Waals surface area (Å²) in [5.41, 5.74) is 4.03. The maximum Gasteiger partial charge on any atom is 0.340 e. The molecular formula is C22H28N2O5. The summed E-state index contributed by atoms with van der Waals surface area (Å²) in [5.74, 6) is -1.38. The van der Waals surface area contributed by atoms with Gasteiger partial charge in [0.15, 0.2) is 6.10 Å². The van der Waals surface area contributed by atoms with E-state index in [-0.39, 0.29) is 18.1 Å². The maximum atomic E-state index is 12.9. The van der Waals surface area contributed by atoms with Crippen LogP contribution in [0.15, 0.2) is 6.07 Å². The highest BCUT2D eigenvalue weighted by Gasteiger charge is 2.31. The van der Waals surface area contributed by atoms with Crippen LogP contribution in [0.2, 0.25) is 0 Å². The number of nitrogens with zero attached hydrogens (tertiary/aromatic N) is 1. The molecule has 3 rings (SSSR count). The standard InChI is InChI=1S/C22H28N2O5/c1-7-28-22(27)18-12(3)19(23-13(18)4)20(25)15(6)29-21(26)17-10-11(2)24(14(17)5)16-8-9-16/h10,15-16,23H,7-9H2,1-6H3/t15-/m1/s1. The molecule has 0 bridgehead atoms. The van der Waals surface area contributed by atoms with Gasteiger partial charge < -0.3 is 19.0 Å². The lowest BCUT2D eigenvalue weighted by Crippen LogP contribution is -2.25. The zero-order valence-electron chi connectivity index (χ0n) is 17.8. The fraction of sp³-hybridized carbons (Fsp3) is 0.500. The van der Waals surface area contributed by atoms with Crippen LogP contribution in [0.5, 0.6) is 0 Å². The second-order valence-corrected chi connectivity index (χ2v) is 7.64. The van der Waals surface area contributed by atoms with Crippen LogP contribution in [-0.2, 0) is 9.47 Å². The van der Waals surface area contributed by atoms with Gasteiger partial charge in [0, 0.05) is 23.1 Å². The molecule has 2 heterocycles. The van der Waals surface area contributed by atoms with E-state index in [1.54, 1.807) is 27.7 Å². The highest BCUT2D eigenvalue weighted by atomic mass is 16.5. The third kappa shape index (κ3) is 3.86. The number of H-pyrrole nitrogens is 1. The predicted molar refractivity (Wildman–Crippen MR) is 108 cm³/mol. The van der Waals surface area contributed by atoms with Crippen molar-refractivity contribution < 1.29 is 23.9 Å². The molecule has 1 atom stereocenters. The van der Waals surface area contributed by atoms with E-state index in [4.69, 9.17) is 9.47 Å². The van der Waals surface area contributed by atoms with Gasteiger partial charge in [0.05, 0.1) is 23.4 Å². The van der Waals surface area contributed by atoms with Gasteiger partial charge >= 0.3 is 11.9 Å². The number of ether oxygens (including phenoxy) is 2. The molecule has 1 saturated carbocycles. The maximum absolute atomic E-state index is 12.9. The number of ketones is 1. The normalized spacial score (nSPS) is 14.6. The van der Waals surface area contributed by atoms with Gasteiger partial charge in [0.25, 0.3) is 0 Å². The minimum atomic E-state index is -0.988. The van der Waals surface area contributed by atoms with Gasteiger partial charge in [-0.1, -0.05) is 0 Å². The Labute approximate surface area is 170 Å². The Morgan fingerprint density at radius 3 is 2.41 bits per heavy atom. The zero-order chi connectivity index (χ0) is 21.5. The molecule has 0 spiro atoms. The molecule has 2 aromatic rings. The molecule has 0 unspecified atom stereocenters. The Balaban J connectivity index is 1.78. The number of Topliss-reactive ketones (excluding diaryl/α,β-unsaturated/α-hetero) is 1. The minimum Gasteiger partial charge on any atom is -0.462 e. The number of aromatic nitrogens is 2. The summed E-state index contributed by atoms with van der Waals surface area (Å²) in [6.45, 7) is 10.8. The molecule has 0 amide bonds. The highest BCUT2D eigenvalue weighted by Crippen LogP contribution is 2.38. The second kappa shape index (κ2) is 7.89. The van der Waals surface area contributed by atoms with E-state index < -0.39 is 18.0 Å². The third-order valence-electron chi connectivity index (χ3n) is 5.43.